The number of hydrogen-bond acceptors (Lipinski definition) is 2. The Hall–Kier alpha value is 1.11. The maximum absolute atomic E-state index is 10.4. The number of phosphoric acid groups is 1. The van der Waals surface area contributed by atoms with Gasteiger partial charge in [0.15, 0.2) is 0 Å². The van der Waals surface area contributed by atoms with E-state index in [-0.39, 0.29) is 36.2 Å². The van der Waals surface area contributed by atoms with Crippen molar-refractivity contribution < 1.29 is 18.9 Å². The van der Waals surface area contributed by atoms with Gasteiger partial charge < -0.3 is 9.79 Å². The molecule has 0 heterocycles. The summed E-state index contributed by atoms with van der Waals surface area (Å²) >= 11 is 0. The maximum atomic E-state index is 10.4. The van der Waals surface area contributed by atoms with E-state index in [0.717, 1.165) is 25.2 Å². The first-order valence-electron chi connectivity index (χ1n) is 7.12. The molecule has 2 N–H and O–H groups in total. The molecular formula is C13H30NaO4P. The van der Waals surface area contributed by atoms with E-state index in [0.29, 0.717) is 0 Å². The molecule has 6 heteroatoms. The zero-order valence-corrected chi connectivity index (χ0v) is 12.7. The van der Waals surface area contributed by atoms with Crippen LogP contribution in [0.1, 0.15) is 71.6 Å². The monoisotopic (exact) mass is 304 g/mol. The zero-order chi connectivity index (χ0) is 13.9. The Balaban J connectivity index is 0. The standard InChI is InChI=1S/C13H29O4P.Na.H/c1-13(2)11-9-7-5-3-4-6-8-10-12-17-18(14,15)16;;/h13H,3-12H2,1-2H3,(H2,14,15,16);;. The second-order valence-electron chi connectivity index (χ2n) is 5.33. The van der Waals surface area contributed by atoms with Crippen molar-refractivity contribution in [2.75, 3.05) is 6.61 Å². The summed E-state index contributed by atoms with van der Waals surface area (Å²) in [7, 11) is -4.25. The van der Waals surface area contributed by atoms with Crippen LogP contribution in [0.25, 0.3) is 0 Å². The molecule has 0 amide bonds. The van der Waals surface area contributed by atoms with Gasteiger partial charge in [0.05, 0.1) is 6.61 Å². The fourth-order valence-corrected chi connectivity index (χ4v) is 2.27. The predicted octanol–water partition coefficient (Wildman–Crippen LogP) is 3.61. The van der Waals surface area contributed by atoms with Gasteiger partial charge in [0, 0.05) is 0 Å². The molecule has 0 aromatic carbocycles. The molecule has 0 radical (unpaired) electrons. The summed E-state index contributed by atoms with van der Waals surface area (Å²) in [6, 6.07) is 0. The van der Waals surface area contributed by atoms with Gasteiger partial charge in [-0.3, -0.25) is 4.52 Å². The third-order valence-corrected chi connectivity index (χ3v) is 3.45. The van der Waals surface area contributed by atoms with Crippen LogP contribution in [0.4, 0.5) is 0 Å². The van der Waals surface area contributed by atoms with Gasteiger partial charge in [0.2, 0.25) is 0 Å². The number of hydrogen-bond donors (Lipinski definition) is 2. The summed E-state index contributed by atoms with van der Waals surface area (Å²) in [5, 5.41) is 0. The first-order valence-corrected chi connectivity index (χ1v) is 8.65. The number of rotatable bonds is 12. The van der Waals surface area contributed by atoms with Crippen molar-refractivity contribution in [3.05, 3.63) is 0 Å². The fourth-order valence-electron chi connectivity index (χ4n) is 1.90. The van der Waals surface area contributed by atoms with Gasteiger partial charge in [0.1, 0.15) is 0 Å². The molecule has 0 atom stereocenters. The summed E-state index contributed by atoms with van der Waals surface area (Å²) < 4.78 is 14.8. The Morgan fingerprint density at radius 1 is 0.895 bits per heavy atom. The van der Waals surface area contributed by atoms with Crippen LogP contribution in [0.3, 0.4) is 0 Å². The molecule has 0 aromatic rings. The molecule has 0 saturated heterocycles. The molecule has 0 bridgehead atoms. The van der Waals surface area contributed by atoms with E-state index in [2.05, 4.69) is 18.4 Å². The Kier molecular flexibility index (Phi) is 16.6. The van der Waals surface area contributed by atoms with Crippen molar-refractivity contribution in [3.8, 4) is 0 Å². The minimum absolute atomic E-state index is 0. The van der Waals surface area contributed by atoms with Crippen molar-refractivity contribution in [2.24, 2.45) is 5.92 Å². The van der Waals surface area contributed by atoms with E-state index in [1.165, 1.54) is 38.5 Å². The summed E-state index contributed by atoms with van der Waals surface area (Å²) in [6.45, 7) is 4.69. The molecule has 0 saturated carbocycles. The molecule has 0 aliphatic rings. The summed E-state index contributed by atoms with van der Waals surface area (Å²) in [4.78, 5) is 16.9. The van der Waals surface area contributed by atoms with E-state index < -0.39 is 7.82 Å². The SMILES string of the molecule is CC(C)CCCCCCCCCCOP(=O)(O)O.[NaH]. The minimum atomic E-state index is -4.25. The van der Waals surface area contributed by atoms with Crippen LogP contribution in [0.5, 0.6) is 0 Å². The third kappa shape index (κ3) is 21.6. The quantitative estimate of drug-likeness (QED) is 0.328. The Bertz CT molecular complexity index is 231. The topological polar surface area (TPSA) is 66.8 Å². The van der Waals surface area contributed by atoms with Gasteiger partial charge in [-0.25, -0.2) is 4.57 Å². The van der Waals surface area contributed by atoms with E-state index >= 15 is 0 Å². The van der Waals surface area contributed by atoms with Crippen LogP contribution in [0.15, 0.2) is 0 Å². The second-order valence-corrected chi connectivity index (χ2v) is 6.57. The summed E-state index contributed by atoms with van der Waals surface area (Å²) in [5.74, 6) is 0.819. The van der Waals surface area contributed by atoms with Gasteiger partial charge in [0.25, 0.3) is 0 Å². The molecule has 0 fully saturated rings. The van der Waals surface area contributed by atoms with Gasteiger partial charge in [-0.2, -0.15) is 0 Å². The van der Waals surface area contributed by atoms with Crippen LogP contribution >= 0.6 is 7.82 Å². The van der Waals surface area contributed by atoms with Crippen molar-refractivity contribution in [3.63, 3.8) is 0 Å². The third-order valence-electron chi connectivity index (χ3n) is 2.94. The fraction of sp³-hybridized carbons (Fsp3) is 1.00. The van der Waals surface area contributed by atoms with Gasteiger partial charge in [-0.1, -0.05) is 65.2 Å². The average molecular weight is 304 g/mol. The summed E-state index contributed by atoms with van der Waals surface area (Å²) in [5.41, 5.74) is 0. The first-order chi connectivity index (χ1) is 8.42. The second kappa shape index (κ2) is 14.1. The Morgan fingerprint density at radius 3 is 1.74 bits per heavy atom. The molecule has 0 aliphatic heterocycles. The van der Waals surface area contributed by atoms with Crippen molar-refractivity contribution in [1.29, 1.82) is 0 Å². The van der Waals surface area contributed by atoms with Crippen molar-refractivity contribution in [1.82, 2.24) is 0 Å². The van der Waals surface area contributed by atoms with E-state index in [1.807, 2.05) is 0 Å². The molecular weight excluding hydrogens is 274 g/mol. The van der Waals surface area contributed by atoms with Crippen LogP contribution in [-0.2, 0) is 9.09 Å². The van der Waals surface area contributed by atoms with Crippen molar-refractivity contribution >= 4 is 37.4 Å². The molecule has 4 nitrogen and oxygen atoms in total. The molecule has 0 aliphatic carbocycles. The van der Waals surface area contributed by atoms with Gasteiger partial charge in [-0.05, 0) is 12.3 Å². The molecule has 0 aromatic heterocycles. The molecule has 19 heavy (non-hydrogen) atoms. The van der Waals surface area contributed by atoms with Crippen LogP contribution < -0.4 is 0 Å². The Labute approximate surface area is 140 Å². The number of unbranched alkanes of at least 4 members (excludes halogenated alkanes) is 7. The zero-order valence-electron chi connectivity index (χ0n) is 11.8. The van der Waals surface area contributed by atoms with Crippen LogP contribution in [0, 0.1) is 5.92 Å². The predicted molar refractivity (Wildman–Crippen MR) is 81.5 cm³/mol. The number of phosphoric ester groups is 1. The van der Waals surface area contributed by atoms with Crippen molar-refractivity contribution in [2.45, 2.75) is 71.6 Å². The molecule has 0 unspecified atom stereocenters. The van der Waals surface area contributed by atoms with E-state index in [4.69, 9.17) is 9.79 Å². The average Bonchev–Trinajstić information content (AvgIpc) is 2.24. The summed E-state index contributed by atoms with van der Waals surface area (Å²) in [6.07, 6.45) is 10.7. The van der Waals surface area contributed by atoms with E-state index in [9.17, 15) is 4.57 Å². The molecule has 0 spiro atoms. The molecule has 0 rings (SSSR count). The first kappa shape index (κ1) is 22.4. The van der Waals surface area contributed by atoms with E-state index in [1.54, 1.807) is 0 Å². The van der Waals surface area contributed by atoms with Crippen LogP contribution in [-0.4, -0.2) is 46.0 Å². The molecule has 112 valence electrons. The van der Waals surface area contributed by atoms with Gasteiger partial charge in [-0.15, -0.1) is 0 Å². The normalized spacial score (nSPS) is 11.6. The van der Waals surface area contributed by atoms with Gasteiger partial charge >= 0.3 is 37.4 Å². The van der Waals surface area contributed by atoms with Crippen LogP contribution in [0.2, 0.25) is 0 Å². The Morgan fingerprint density at radius 2 is 1.32 bits per heavy atom.